The molecule has 4 heteroatoms. The fourth-order valence-electron chi connectivity index (χ4n) is 1.07. The van der Waals surface area contributed by atoms with Crippen LogP contribution in [0.5, 0.6) is 5.75 Å². The molecule has 0 unspecified atom stereocenters. The van der Waals surface area contributed by atoms with Gasteiger partial charge in [0.15, 0.2) is 6.61 Å². The number of hydrogen-bond donors (Lipinski definition) is 1. The van der Waals surface area contributed by atoms with Gasteiger partial charge < -0.3 is 10.5 Å². The van der Waals surface area contributed by atoms with E-state index in [-0.39, 0.29) is 6.61 Å². The Morgan fingerprint density at radius 2 is 2.07 bits per heavy atom. The molecule has 0 fully saturated rings. The van der Waals surface area contributed by atoms with Crippen LogP contribution in [0.2, 0.25) is 5.02 Å². The first kappa shape index (κ1) is 10.9. The van der Waals surface area contributed by atoms with E-state index in [2.05, 4.69) is 0 Å². The van der Waals surface area contributed by atoms with Gasteiger partial charge in [-0.1, -0.05) is 11.6 Å². The lowest BCUT2D eigenvalue weighted by Gasteiger charge is -2.10. The smallest absolute Gasteiger partial charge is 0.255 e. The monoisotopic (exact) mass is 213 g/mol. The summed E-state index contributed by atoms with van der Waals surface area (Å²) in [6, 6.07) is 3.47. The Morgan fingerprint density at radius 1 is 1.43 bits per heavy atom. The van der Waals surface area contributed by atoms with Gasteiger partial charge in [0.05, 0.1) is 0 Å². The van der Waals surface area contributed by atoms with E-state index in [1.165, 1.54) is 0 Å². The van der Waals surface area contributed by atoms with E-state index >= 15 is 0 Å². The van der Waals surface area contributed by atoms with E-state index in [1.54, 1.807) is 12.1 Å². The van der Waals surface area contributed by atoms with Crippen LogP contribution in [0.1, 0.15) is 11.1 Å². The third kappa shape index (κ3) is 2.39. The summed E-state index contributed by atoms with van der Waals surface area (Å²) in [6.45, 7) is 3.67. The second-order valence-electron chi connectivity index (χ2n) is 3.05. The first-order chi connectivity index (χ1) is 6.52. The molecule has 1 rings (SSSR count). The van der Waals surface area contributed by atoms with E-state index < -0.39 is 5.91 Å². The summed E-state index contributed by atoms with van der Waals surface area (Å²) in [7, 11) is 0. The number of amides is 1. The highest BCUT2D eigenvalue weighted by molar-refractivity contribution is 6.31. The van der Waals surface area contributed by atoms with Crippen LogP contribution in [0, 0.1) is 13.8 Å². The summed E-state index contributed by atoms with van der Waals surface area (Å²) in [5.74, 6) is 0.155. The van der Waals surface area contributed by atoms with Crippen LogP contribution >= 0.6 is 11.6 Å². The minimum atomic E-state index is -0.489. The van der Waals surface area contributed by atoms with Crippen molar-refractivity contribution in [3.05, 3.63) is 28.3 Å². The molecule has 0 aliphatic heterocycles. The molecule has 0 aromatic heterocycles. The second kappa shape index (κ2) is 4.33. The number of hydrogen-bond acceptors (Lipinski definition) is 2. The van der Waals surface area contributed by atoms with Crippen LogP contribution in [-0.4, -0.2) is 12.5 Å². The zero-order valence-corrected chi connectivity index (χ0v) is 8.89. The first-order valence-corrected chi connectivity index (χ1v) is 4.57. The molecule has 0 aliphatic rings. The number of carbonyl (C=O) groups excluding carboxylic acids is 1. The maximum absolute atomic E-state index is 10.5. The zero-order chi connectivity index (χ0) is 10.7. The lowest BCUT2D eigenvalue weighted by atomic mass is 10.1. The van der Waals surface area contributed by atoms with Crippen LogP contribution in [0.3, 0.4) is 0 Å². The van der Waals surface area contributed by atoms with Crippen molar-refractivity contribution in [1.29, 1.82) is 0 Å². The number of rotatable bonds is 3. The molecule has 1 aromatic carbocycles. The molecule has 0 heterocycles. The molecule has 0 bridgehead atoms. The quantitative estimate of drug-likeness (QED) is 0.833. The molecular weight excluding hydrogens is 202 g/mol. The summed E-state index contributed by atoms with van der Waals surface area (Å²) in [5.41, 5.74) is 6.85. The highest BCUT2D eigenvalue weighted by Crippen LogP contribution is 2.26. The van der Waals surface area contributed by atoms with Gasteiger partial charge in [-0.25, -0.2) is 0 Å². The van der Waals surface area contributed by atoms with Crippen LogP contribution in [-0.2, 0) is 4.79 Å². The molecule has 14 heavy (non-hydrogen) atoms. The van der Waals surface area contributed by atoms with Gasteiger partial charge in [0.25, 0.3) is 5.91 Å². The van der Waals surface area contributed by atoms with Crippen molar-refractivity contribution in [3.63, 3.8) is 0 Å². The minimum Gasteiger partial charge on any atom is -0.484 e. The molecule has 0 saturated carbocycles. The third-order valence-corrected chi connectivity index (χ3v) is 2.45. The average Bonchev–Trinajstić information content (AvgIpc) is 2.13. The Hall–Kier alpha value is -1.22. The van der Waals surface area contributed by atoms with E-state index in [1.807, 2.05) is 13.8 Å². The number of halogens is 1. The molecule has 0 spiro atoms. The SMILES string of the molecule is Cc1c(Cl)ccc(OCC(N)=O)c1C. The number of carbonyl (C=O) groups is 1. The molecule has 2 N–H and O–H groups in total. The molecule has 76 valence electrons. The van der Waals surface area contributed by atoms with Crippen LogP contribution in [0.25, 0.3) is 0 Å². The van der Waals surface area contributed by atoms with Crippen molar-refractivity contribution < 1.29 is 9.53 Å². The Morgan fingerprint density at radius 3 is 2.64 bits per heavy atom. The normalized spacial score (nSPS) is 9.93. The molecule has 0 radical (unpaired) electrons. The van der Waals surface area contributed by atoms with E-state index in [0.29, 0.717) is 10.8 Å². The van der Waals surface area contributed by atoms with E-state index in [0.717, 1.165) is 11.1 Å². The van der Waals surface area contributed by atoms with Gasteiger partial charge in [-0.3, -0.25) is 4.79 Å². The van der Waals surface area contributed by atoms with Crippen molar-refractivity contribution in [2.24, 2.45) is 5.73 Å². The summed E-state index contributed by atoms with van der Waals surface area (Å²) in [6.07, 6.45) is 0. The van der Waals surface area contributed by atoms with Gasteiger partial charge in [0.1, 0.15) is 5.75 Å². The number of benzene rings is 1. The maximum atomic E-state index is 10.5. The molecule has 0 aliphatic carbocycles. The first-order valence-electron chi connectivity index (χ1n) is 4.19. The number of ether oxygens (including phenoxy) is 1. The minimum absolute atomic E-state index is 0.109. The Bertz CT molecular complexity index is 363. The van der Waals surface area contributed by atoms with Gasteiger partial charge in [-0.15, -0.1) is 0 Å². The highest BCUT2D eigenvalue weighted by Gasteiger charge is 2.06. The Balaban J connectivity index is 2.88. The third-order valence-electron chi connectivity index (χ3n) is 2.04. The largest absolute Gasteiger partial charge is 0.484 e. The molecular formula is C10H12ClNO2. The Kier molecular flexibility index (Phi) is 3.36. The van der Waals surface area contributed by atoms with Crippen LogP contribution in [0.4, 0.5) is 0 Å². The van der Waals surface area contributed by atoms with Crippen molar-refractivity contribution in [3.8, 4) is 5.75 Å². The zero-order valence-electron chi connectivity index (χ0n) is 8.13. The average molecular weight is 214 g/mol. The van der Waals surface area contributed by atoms with E-state index in [4.69, 9.17) is 22.1 Å². The number of primary amides is 1. The van der Waals surface area contributed by atoms with Gasteiger partial charge in [-0.05, 0) is 37.1 Å². The summed E-state index contributed by atoms with van der Waals surface area (Å²) in [4.78, 5) is 10.5. The molecule has 3 nitrogen and oxygen atoms in total. The van der Waals surface area contributed by atoms with Gasteiger partial charge in [0, 0.05) is 5.02 Å². The molecule has 1 aromatic rings. The van der Waals surface area contributed by atoms with Gasteiger partial charge in [-0.2, -0.15) is 0 Å². The fraction of sp³-hybridized carbons (Fsp3) is 0.300. The topological polar surface area (TPSA) is 52.3 Å². The molecule has 0 atom stereocenters. The predicted octanol–water partition coefficient (Wildman–Crippen LogP) is 1.82. The van der Waals surface area contributed by atoms with Crippen LogP contribution in [0.15, 0.2) is 12.1 Å². The Labute approximate surface area is 87.8 Å². The van der Waals surface area contributed by atoms with Crippen molar-refractivity contribution >= 4 is 17.5 Å². The van der Waals surface area contributed by atoms with E-state index in [9.17, 15) is 4.79 Å². The summed E-state index contributed by atoms with van der Waals surface area (Å²) in [5, 5.41) is 0.689. The van der Waals surface area contributed by atoms with Gasteiger partial charge >= 0.3 is 0 Å². The summed E-state index contributed by atoms with van der Waals surface area (Å²) >= 11 is 5.90. The predicted molar refractivity (Wildman–Crippen MR) is 55.6 cm³/mol. The highest BCUT2D eigenvalue weighted by atomic mass is 35.5. The lowest BCUT2D eigenvalue weighted by molar-refractivity contribution is -0.119. The van der Waals surface area contributed by atoms with Crippen molar-refractivity contribution in [2.45, 2.75) is 13.8 Å². The second-order valence-corrected chi connectivity index (χ2v) is 3.46. The summed E-state index contributed by atoms with van der Waals surface area (Å²) < 4.78 is 5.20. The fourth-order valence-corrected chi connectivity index (χ4v) is 1.27. The lowest BCUT2D eigenvalue weighted by Crippen LogP contribution is -2.20. The maximum Gasteiger partial charge on any atom is 0.255 e. The number of nitrogens with two attached hydrogens (primary N) is 1. The van der Waals surface area contributed by atoms with Crippen LogP contribution < -0.4 is 10.5 Å². The van der Waals surface area contributed by atoms with Crippen molar-refractivity contribution in [2.75, 3.05) is 6.61 Å². The van der Waals surface area contributed by atoms with Gasteiger partial charge in [0.2, 0.25) is 0 Å². The molecule has 0 saturated heterocycles. The molecule has 1 amide bonds. The van der Waals surface area contributed by atoms with Crippen molar-refractivity contribution in [1.82, 2.24) is 0 Å². The standard InChI is InChI=1S/C10H12ClNO2/c1-6-7(2)9(4-3-8(6)11)14-5-10(12)13/h3-4H,5H2,1-2H3,(H2,12,13).